The van der Waals surface area contributed by atoms with Crippen molar-refractivity contribution in [1.29, 1.82) is 0 Å². The normalized spacial score (nSPS) is 28.8. The highest BCUT2D eigenvalue weighted by Gasteiger charge is 2.54. The Morgan fingerprint density at radius 1 is 1.20 bits per heavy atom. The number of nitrogens with zero attached hydrogens (tertiary/aromatic N) is 1. The highest BCUT2D eigenvalue weighted by Crippen LogP contribution is 2.40. The molecule has 3 nitrogen and oxygen atoms in total. The maximum atomic E-state index is 6.54. The third-order valence-electron chi connectivity index (χ3n) is 4.54. The van der Waals surface area contributed by atoms with Crippen LogP contribution in [0.3, 0.4) is 0 Å². The molecule has 112 valence electrons. The predicted octanol–water partition coefficient (Wildman–Crippen LogP) is 4.12. The van der Waals surface area contributed by atoms with Crippen molar-refractivity contribution >= 4 is 25.7 Å². The van der Waals surface area contributed by atoms with Crippen LogP contribution in [-0.4, -0.2) is 30.6 Å². The molecule has 0 saturated carbocycles. The second kappa shape index (κ2) is 4.90. The molecule has 0 aliphatic carbocycles. The lowest BCUT2D eigenvalue weighted by Crippen LogP contribution is -2.41. The molecule has 2 heterocycles. The summed E-state index contributed by atoms with van der Waals surface area (Å²) in [4.78, 5) is 2.05. The van der Waals surface area contributed by atoms with Crippen molar-refractivity contribution in [3.8, 4) is 0 Å². The number of halogens is 1. The molecule has 6 heteroatoms. The molecule has 0 aromatic carbocycles. The quantitative estimate of drug-likeness (QED) is 0.565. The molecule has 2 rings (SSSR count). The van der Waals surface area contributed by atoms with E-state index < -0.39 is 7.38 Å². The van der Waals surface area contributed by atoms with E-state index in [1.165, 1.54) is 0 Å². The minimum absolute atomic E-state index is 0.316. The van der Waals surface area contributed by atoms with Gasteiger partial charge in [-0.3, -0.25) is 0 Å². The van der Waals surface area contributed by atoms with Gasteiger partial charge in [-0.25, -0.2) is 0 Å². The Labute approximate surface area is 128 Å². The summed E-state index contributed by atoms with van der Waals surface area (Å²) in [5, 5.41) is 0. The van der Waals surface area contributed by atoms with Gasteiger partial charge in [-0.05, 0) is 40.8 Å². The molecule has 0 radical (unpaired) electrons. The highest BCUT2D eigenvalue weighted by molar-refractivity contribution is 7.20. The summed E-state index contributed by atoms with van der Waals surface area (Å²) < 4.78 is 12.2. The lowest BCUT2D eigenvalue weighted by molar-refractivity contribution is 0.00578. The van der Waals surface area contributed by atoms with Gasteiger partial charge in [0, 0.05) is 11.2 Å². The van der Waals surface area contributed by atoms with E-state index in [-0.39, 0.29) is 18.5 Å². The molecule has 1 saturated heterocycles. The molecule has 0 amide bonds. The predicted molar refractivity (Wildman–Crippen MR) is 87.9 cm³/mol. The van der Waals surface area contributed by atoms with Crippen molar-refractivity contribution in [2.24, 2.45) is 0 Å². The van der Waals surface area contributed by atoms with Gasteiger partial charge in [-0.15, -0.1) is 0 Å². The summed E-state index contributed by atoms with van der Waals surface area (Å²) in [6.45, 7) is 14.7. The van der Waals surface area contributed by atoms with Crippen LogP contribution in [0.4, 0.5) is 0 Å². The van der Waals surface area contributed by atoms with Crippen LogP contribution >= 0.6 is 11.1 Å². The van der Waals surface area contributed by atoms with Crippen molar-refractivity contribution in [3.63, 3.8) is 0 Å². The Hall–Kier alpha value is -0.228. The molecular weight excluding hydrogens is 289 g/mol. The summed E-state index contributed by atoms with van der Waals surface area (Å²) in [5.74, 6) is 0. The maximum Gasteiger partial charge on any atom is 0.598 e. The van der Waals surface area contributed by atoms with E-state index in [1.807, 2.05) is 4.81 Å². The summed E-state index contributed by atoms with van der Waals surface area (Å²) in [5.41, 5.74) is 0.854. The first-order valence-corrected chi connectivity index (χ1v) is 11.2. The van der Waals surface area contributed by atoms with Crippen molar-refractivity contribution < 1.29 is 9.31 Å². The molecule has 0 aromatic heterocycles. The molecule has 2 aliphatic rings. The minimum atomic E-state index is -1.72. The summed E-state index contributed by atoms with van der Waals surface area (Å²) in [6, 6.07) is 0. The molecule has 2 aliphatic heterocycles. The van der Waals surface area contributed by atoms with E-state index in [9.17, 15) is 0 Å². The van der Waals surface area contributed by atoms with Crippen molar-refractivity contribution in [2.75, 3.05) is 0 Å². The molecule has 0 bridgehead atoms. The molecule has 0 aromatic rings. The first kappa shape index (κ1) is 16.1. The van der Waals surface area contributed by atoms with Crippen molar-refractivity contribution in [2.45, 2.75) is 64.5 Å². The lowest BCUT2D eigenvalue weighted by atomic mass is 9.90. The smallest absolute Gasteiger partial charge is 0.384 e. The van der Waals surface area contributed by atoms with Crippen LogP contribution in [0, 0.1) is 0 Å². The van der Waals surface area contributed by atoms with Crippen LogP contribution in [-0.2, 0) is 9.31 Å². The van der Waals surface area contributed by atoms with Gasteiger partial charge >= 0.3 is 7.25 Å². The van der Waals surface area contributed by atoms with Crippen LogP contribution in [0.15, 0.2) is 24.0 Å². The maximum absolute atomic E-state index is 6.54. The lowest BCUT2D eigenvalue weighted by Gasteiger charge is -2.32. The molecule has 20 heavy (non-hydrogen) atoms. The van der Waals surface area contributed by atoms with E-state index in [0.717, 1.165) is 5.70 Å². The van der Waals surface area contributed by atoms with Gasteiger partial charge in [-0.1, -0.05) is 25.2 Å². The van der Waals surface area contributed by atoms with E-state index in [4.69, 9.17) is 20.4 Å². The van der Waals surface area contributed by atoms with Gasteiger partial charge in [0.2, 0.25) is 0 Å². The third-order valence-corrected chi connectivity index (χ3v) is 7.24. The van der Waals surface area contributed by atoms with E-state index in [1.54, 1.807) is 0 Å². The third kappa shape index (κ3) is 2.87. The van der Waals surface area contributed by atoms with E-state index in [2.05, 4.69) is 66.1 Å². The van der Waals surface area contributed by atoms with E-state index >= 15 is 0 Å². The monoisotopic (exact) mass is 313 g/mol. The zero-order valence-electron chi connectivity index (χ0n) is 13.5. The van der Waals surface area contributed by atoms with Crippen LogP contribution in [0.5, 0.6) is 0 Å². The average Bonchev–Trinajstić information content (AvgIpc) is 2.46. The van der Waals surface area contributed by atoms with Crippen LogP contribution in [0.2, 0.25) is 18.6 Å². The van der Waals surface area contributed by atoms with Crippen molar-refractivity contribution in [1.82, 2.24) is 4.81 Å². The summed E-state index contributed by atoms with van der Waals surface area (Å²) in [6.07, 6.45) is 6.45. The number of rotatable bonds is 2. The zero-order valence-corrected chi connectivity index (χ0v) is 15.3. The second-order valence-corrected chi connectivity index (χ2v) is 13.9. The Morgan fingerprint density at radius 2 is 1.70 bits per heavy atom. The molecule has 1 atom stereocenters. The highest BCUT2D eigenvalue weighted by atomic mass is 35.6. The van der Waals surface area contributed by atoms with Gasteiger partial charge in [0.1, 0.15) is 0 Å². The molecule has 1 fully saturated rings. The Morgan fingerprint density at radius 3 is 2.10 bits per heavy atom. The molecule has 0 spiro atoms. The standard InChI is InChI=1S/C14H25BClNO2Si/c1-11-10-12(20(6,7)16)8-9-17(11)15-18-13(2,3)14(4,5)19-15/h8-10,12H,1-7H3. The van der Waals surface area contributed by atoms with Gasteiger partial charge in [-0.2, -0.15) is 11.1 Å². The largest absolute Gasteiger partial charge is 0.598 e. The first-order valence-electron chi connectivity index (χ1n) is 7.14. The second-order valence-electron chi connectivity index (χ2n) is 7.21. The van der Waals surface area contributed by atoms with Gasteiger partial charge in [0.05, 0.1) is 11.2 Å². The first-order chi connectivity index (χ1) is 8.94. The van der Waals surface area contributed by atoms with Gasteiger partial charge < -0.3 is 14.1 Å². The van der Waals surface area contributed by atoms with Crippen molar-refractivity contribution in [3.05, 3.63) is 24.0 Å². The number of allylic oxidation sites excluding steroid dienone is 3. The topological polar surface area (TPSA) is 21.7 Å². The fourth-order valence-corrected chi connectivity index (χ4v) is 3.88. The summed E-state index contributed by atoms with van der Waals surface area (Å²) in [7, 11) is -2.09. The Balaban J connectivity index is 2.16. The number of hydrogen-bond donors (Lipinski definition) is 0. The minimum Gasteiger partial charge on any atom is -0.384 e. The zero-order chi connectivity index (χ0) is 15.3. The SMILES string of the molecule is CC1=CC([Si](C)(C)Cl)C=CN1B1OC(C)(C)C(C)(C)O1. The molecule has 1 unspecified atom stereocenters. The van der Waals surface area contributed by atoms with Crippen LogP contribution in [0.1, 0.15) is 34.6 Å². The number of hydrogen-bond acceptors (Lipinski definition) is 3. The van der Waals surface area contributed by atoms with Gasteiger partial charge in [0.15, 0.2) is 7.38 Å². The molecular formula is C14H25BClNO2Si. The fraction of sp³-hybridized carbons (Fsp3) is 0.714. The van der Waals surface area contributed by atoms with Crippen LogP contribution < -0.4 is 0 Å². The van der Waals surface area contributed by atoms with Crippen LogP contribution in [0.25, 0.3) is 0 Å². The van der Waals surface area contributed by atoms with Gasteiger partial charge in [0.25, 0.3) is 0 Å². The average molecular weight is 314 g/mol. The Kier molecular flexibility index (Phi) is 3.96. The Bertz CT molecular complexity index is 441. The fourth-order valence-electron chi connectivity index (χ4n) is 2.29. The summed E-state index contributed by atoms with van der Waals surface area (Å²) >= 11 is 6.54. The molecule has 0 N–H and O–H groups in total. The van der Waals surface area contributed by atoms with E-state index in [0.29, 0.717) is 5.54 Å².